The van der Waals surface area contributed by atoms with E-state index in [2.05, 4.69) is 20.9 Å². The highest BCUT2D eigenvalue weighted by Crippen LogP contribution is 2.13. The van der Waals surface area contributed by atoms with Crippen molar-refractivity contribution in [3.05, 3.63) is 34.3 Å². The molecule has 0 aromatic heterocycles. The maximum absolute atomic E-state index is 7.75. The number of nitrogens with two attached hydrogens (primary N) is 2. The molecule has 0 aliphatic heterocycles. The van der Waals surface area contributed by atoms with Crippen molar-refractivity contribution in [3.8, 4) is 0 Å². The van der Waals surface area contributed by atoms with Gasteiger partial charge in [-0.2, -0.15) is 4.99 Å². The fourth-order valence-corrected chi connectivity index (χ4v) is 1.83. The largest absolute Gasteiger partial charge is 0.370 e. The zero-order chi connectivity index (χ0) is 12.8. The molecular formula is C11H16BrN5. The van der Waals surface area contributed by atoms with Gasteiger partial charge in [-0.25, -0.2) is 0 Å². The van der Waals surface area contributed by atoms with Crippen molar-refractivity contribution >= 4 is 27.8 Å². The smallest absolute Gasteiger partial charge is 0.221 e. The zero-order valence-electron chi connectivity index (χ0n) is 9.65. The number of nitrogens with one attached hydrogen (secondary N) is 1. The van der Waals surface area contributed by atoms with Crippen molar-refractivity contribution in [1.29, 1.82) is 5.41 Å². The minimum absolute atomic E-state index is 0.0764. The van der Waals surface area contributed by atoms with Crippen molar-refractivity contribution < 1.29 is 0 Å². The van der Waals surface area contributed by atoms with Gasteiger partial charge < -0.3 is 16.4 Å². The van der Waals surface area contributed by atoms with Crippen LogP contribution in [0, 0.1) is 5.41 Å². The summed E-state index contributed by atoms with van der Waals surface area (Å²) in [6, 6.07) is 7.92. The van der Waals surface area contributed by atoms with Crippen LogP contribution in [0.1, 0.15) is 12.5 Å². The highest BCUT2D eigenvalue weighted by molar-refractivity contribution is 9.10. The van der Waals surface area contributed by atoms with Crippen LogP contribution in [-0.4, -0.2) is 23.4 Å². The topological polar surface area (TPSA) is 91.5 Å². The standard InChI is InChI=1S/C11H16BrN5/c1-2-17(11(15)16-10(13)14)7-8-4-3-5-9(12)6-8/h3-6H,2,7H2,1H3,(H5,13,14,15,16). The first-order valence-corrected chi connectivity index (χ1v) is 5.99. The maximum Gasteiger partial charge on any atom is 0.221 e. The second-order valence-corrected chi connectivity index (χ2v) is 4.42. The fourth-order valence-electron chi connectivity index (χ4n) is 1.39. The van der Waals surface area contributed by atoms with Crippen LogP contribution in [-0.2, 0) is 6.54 Å². The first-order valence-electron chi connectivity index (χ1n) is 5.20. The van der Waals surface area contributed by atoms with Gasteiger partial charge in [0.1, 0.15) is 0 Å². The van der Waals surface area contributed by atoms with Gasteiger partial charge in [0.2, 0.25) is 5.96 Å². The summed E-state index contributed by atoms with van der Waals surface area (Å²) in [5, 5.41) is 7.75. The monoisotopic (exact) mass is 297 g/mol. The third kappa shape index (κ3) is 4.44. The van der Waals surface area contributed by atoms with E-state index in [4.69, 9.17) is 16.9 Å². The van der Waals surface area contributed by atoms with Gasteiger partial charge in [-0.15, -0.1) is 0 Å². The second-order valence-electron chi connectivity index (χ2n) is 3.50. The molecule has 92 valence electrons. The molecule has 0 aliphatic carbocycles. The van der Waals surface area contributed by atoms with Gasteiger partial charge in [-0.3, -0.25) is 5.41 Å². The Morgan fingerprint density at radius 3 is 2.71 bits per heavy atom. The van der Waals surface area contributed by atoms with Crippen molar-refractivity contribution in [1.82, 2.24) is 4.90 Å². The molecule has 0 bridgehead atoms. The molecule has 0 aliphatic rings. The summed E-state index contributed by atoms with van der Waals surface area (Å²) >= 11 is 3.41. The SMILES string of the molecule is CCN(Cc1cccc(Br)c1)C(=N)N=C(N)N. The molecule has 0 spiro atoms. The Hall–Kier alpha value is -1.56. The van der Waals surface area contributed by atoms with E-state index < -0.39 is 0 Å². The molecule has 0 radical (unpaired) electrons. The van der Waals surface area contributed by atoms with Gasteiger partial charge in [0.15, 0.2) is 5.96 Å². The summed E-state index contributed by atoms with van der Waals surface area (Å²) in [5.41, 5.74) is 11.6. The van der Waals surface area contributed by atoms with Gasteiger partial charge in [0, 0.05) is 17.6 Å². The predicted octanol–water partition coefficient (Wildman–Crippen LogP) is 1.48. The van der Waals surface area contributed by atoms with E-state index in [1.807, 2.05) is 31.2 Å². The molecule has 0 saturated heterocycles. The number of rotatable bonds is 3. The highest BCUT2D eigenvalue weighted by Gasteiger charge is 2.07. The van der Waals surface area contributed by atoms with Crippen LogP contribution >= 0.6 is 15.9 Å². The van der Waals surface area contributed by atoms with Crippen LogP contribution in [0.25, 0.3) is 0 Å². The molecule has 1 rings (SSSR count). The molecule has 0 amide bonds. The second kappa shape index (κ2) is 6.24. The average Bonchev–Trinajstić information content (AvgIpc) is 2.24. The van der Waals surface area contributed by atoms with E-state index in [9.17, 15) is 0 Å². The quantitative estimate of drug-likeness (QED) is 0.583. The summed E-state index contributed by atoms with van der Waals surface area (Å²) in [4.78, 5) is 5.52. The Balaban J connectivity index is 2.77. The summed E-state index contributed by atoms with van der Waals surface area (Å²) in [5.74, 6) is -0.0184. The van der Waals surface area contributed by atoms with Crippen molar-refractivity contribution in [2.24, 2.45) is 16.5 Å². The third-order valence-corrected chi connectivity index (χ3v) is 2.67. The van der Waals surface area contributed by atoms with Gasteiger partial charge >= 0.3 is 0 Å². The molecule has 5 nitrogen and oxygen atoms in total. The molecule has 1 aromatic rings. The Kier molecular flexibility index (Phi) is 4.96. The molecule has 0 fully saturated rings. The summed E-state index contributed by atoms with van der Waals surface area (Å²) in [6.07, 6.45) is 0. The minimum Gasteiger partial charge on any atom is -0.370 e. The van der Waals surface area contributed by atoms with Crippen LogP contribution in [0.3, 0.4) is 0 Å². The first-order chi connectivity index (χ1) is 8.02. The average molecular weight is 298 g/mol. The lowest BCUT2D eigenvalue weighted by Crippen LogP contribution is -2.32. The number of nitrogens with zero attached hydrogens (tertiary/aromatic N) is 2. The van der Waals surface area contributed by atoms with Crippen molar-refractivity contribution in [2.75, 3.05) is 6.54 Å². The molecule has 0 saturated carbocycles. The normalized spacial score (nSPS) is 9.76. The van der Waals surface area contributed by atoms with Crippen molar-refractivity contribution in [3.63, 3.8) is 0 Å². The molecule has 0 unspecified atom stereocenters. The summed E-state index contributed by atoms with van der Waals surface area (Å²) < 4.78 is 1.01. The lowest BCUT2D eigenvalue weighted by atomic mass is 10.2. The molecular weight excluding hydrogens is 282 g/mol. The predicted molar refractivity (Wildman–Crippen MR) is 73.8 cm³/mol. The highest BCUT2D eigenvalue weighted by atomic mass is 79.9. The van der Waals surface area contributed by atoms with E-state index in [-0.39, 0.29) is 11.9 Å². The van der Waals surface area contributed by atoms with Crippen LogP contribution in [0.4, 0.5) is 0 Å². The number of benzene rings is 1. The van der Waals surface area contributed by atoms with Gasteiger partial charge in [-0.05, 0) is 24.6 Å². The number of aliphatic imine (C=N–C) groups is 1. The number of guanidine groups is 2. The Morgan fingerprint density at radius 1 is 1.47 bits per heavy atom. The Labute approximate surface area is 109 Å². The number of halogens is 1. The number of hydrogen-bond acceptors (Lipinski definition) is 1. The lowest BCUT2D eigenvalue weighted by Gasteiger charge is -2.20. The molecule has 1 aromatic carbocycles. The lowest BCUT2D eigenvalue weighted by molar-refractivity contribution is 0.428. The van der Waals surface area contributed by atoms with Gasteiger partial charge in [-0.1, -0.05) is 28.1 Å². The maximum atomic E-state index is 7.75. The van der Waals surface area contributed by atoms with Crippen LogP contribution < -0.4 is 11.5 Å². The molecule has 0 atom stereocenters. The Bertz CT molecular complexity index is 426. The van der Waals surface area contributed by atoms with Crippen LogP contribution in [0.5, 0.6) is 0 Å². The Morgan fingerprint density at radius 2 is 2.18 bits per heavy atom. The van der Waals surface area contributed by atoms with Crippen LogP contribution in [0.2, 0.25) is 0 Å². The van der Waals surface area contributed by atoms with Gasteiger partial charge in [0.05, 0.1) is 0 Å². The van der Waals surface area contributed by atoms with Gasteiger partial charge in [0.25, 0.3) is 0 Å². The molecule has 5 N–H and O–H groups in total. The van der Waals surface area contributed by atoms with E-state index in [1.165, 1.54) is 0 Å². The van der Waals surface area contributed by atoms with Crippen molar-refractivity contribution in [2.45, 2.75) is 13.5 Å². The molecule has 0 heterocycles. The van der Waals surface area contributed by atoms with E-state index in [1.54, 1.807) is 4.90 Å². The van der Waals surface area contributed by atoms with Crippen LogP contribution in [0.15, 0.2) is 33.7 Å². The summed E-state index contributed by atoms with van der Waals surface area (Å²) in [6.45, 7) is 3.22. The van der Waals surface area contributed by atoms with E-state index >= 15 is 0 Å². The fraction of sp³-hybridized carbons (Fsp3) is 0.273. The minimum atomic E-state index is -0.0947. The summed E-state index contributed by atoms with van der Waals surface area (Å²) in [7, 11) is 0. The zero-order valence-corrected chi connectivity index (χ0v) is 11.2. The number of hydrogen-bond donors (Lipinski definition) is 3. The third-order valence-electron chi connectivity index (χ3n) is 2.18. The van der Waals surface area contributed by atoms with E-state index in [0.29, 0.717) is 13.1 Å². The molecule has 17 heavy (non-hydrogen) atoms. The van der Waals surface area contributed by atoms with E-state index in [0.717, 1.165) is 10.0 Å². The molecule has 6 heteroatoms. The first kappa shape index (κ1) is 13.5.